The van der Waals surface area contributed by atoms with Crippen LogP contribution in [0.5, 0.6) is 0 Å². The molecule has 0 rings (SSSR count). The third kappa shape index (κ3) is 50.0. The van der Waals surface area contributed by atoms with Crippen molar-refractivity contribution >= 4 is 11.9 Å². The second kappa shape index (κ2) is 54.8. The van der Waals surface area contributed by atoms with E-state index in [0.717, 1.165) is 70.6 Å². The maximum absolute atomic E-state index is 13.3. The Morgan fingerprint density at radius 2 is 0.761 bits per heavy atom. The zero-order valence-corrected chi connectivity index (χ0v) is 44.8. The van der Waals surface area contributed by atoms with E-state index in [1.54, 1.807) is 0 Å². The van der Waals surface area contributed by atoms with E-state index in [1.165, 1.54) is 186 Å². The number of carbonyl (C=O) groups is 2. The molecule has 0 aromatic heterocycles. The van der Waals surface area contributed by atoms with Gasteiger partial charge in [-0.3, -0.25) is 9.59 Å². The Morgan fingerprint density at radius 3 is 1.18 bits per heavy atom. The molecule has 3 atom stereocenters. The van der Waals surface area contributed by atoms with Gasteiger partial charge in [0, 0.05) is 6.42 Å². The number of esters is 1. The second-order valence-electron chi connectivity index (χ2n) is 20.1. The number of ether oxygens (including phenoxy) is 1. The molecule has 0 heterocycles. The third-order valence-electron chi connectivity index (χ3n) is 13.5. The lowest BCUT2D eigenvalue weighted by Crippen LogP contribution is -2.46. The van der Waals surface area contributed by atoms with Crippen LogP contribution in [0.25, 0.3) is 0 Å². The summed E-state index contributed by atoms with van der Waals surface area (Å²) in [4.78, 5) is 26.3. The lowest BCUT2D eigenvalue weighted by atomic mass is 10.0. The number of hydrogen-bond donors (Lipinski definition) is 3. The van der Waals surface area contributed by atoms with Crippen LogP contribution in [0.3, 0.4) is 0 Å². The van der Waals surface area contributed by atoms with Crippen molar-refractivity contribution in [2.45, 2.75) is 322 Å². The molecule has 6 heteroatoms. The number of amides is 1. The predicted octanol–water partition coefficient (Wildman–Crippen LogP) is 18.2. The molecule has 0 fully saturated rings. The van der Waals surface area contributed by atoms with Crippen LogP contribution in [0.1, 0.15) is 303 Å². The fraction of sp³-hybridized carbons (Fsp3) is 0.836. The molecule has 6 nitrogen and oxygen atoms in total. The van der Waals surface area contributed by atoms with Gasteiger partial charge in [0.05, 0.1) is 25.2 Å². The summed E-state index contributed by atoms with van der Waals surface area (Å²) in [6.07, 6.45) is 67.4. The van der Waals surface area contributed by atoms with Gasteiger partial charge in [0.25, 0.3) is 0 Å². The number of carbonyl (C=O) groups excluding carboxylic acids is 2. The number of rotatable bonds is 53. The van der Waals surface area contributed by atoms with Gasteiger partial charge in [-0.2, -0.15) is 0 Å². The van der Waals surface area contributed by atoms with Crippen molar-refractivity contribution in [3.05, 3.63) is 48.6 Å². The summed E-state index contributed by atoms with van der Waals surface area (Å²) in [5.41, 5.74) is 0. The molecule has 67 heavy (non-hydrogen) atoms. The minimum atomic E-state index is -0.792. The molecule has 392 valence electrons. The van der Waals surface area contributed by atoms with Crippen LogP contribution in [-0.4, -0.2) is 46.9 Å². The fourth-order valence-corrected chi connectivity index (χ4v) is 9.03. The van der Waals surface area contributed by atoms with Crippen LogP contribution in [0.2, 0.25) is 0 Å². The summed E-state index contributed by atoms with van der Waals surface area (Å²) in [6.45, 7) is 6.48. The van der Waals surface area contributed by atoms with E-state index >= 15 is 0 Å². The zero-order chi connectivity index (χ0) is 48.8. The van der Waals surface area contributed by atoms with E-state index in [4.69, 9.17) is 4.74 Å². The summed E-state index contributed by atoms with van der Waals surface area (Å²) in [7, 11) is 0. The number of allylic oxidation sites excluding steroid dienone is 8. The van der Waals surface area contributed by atoms with Crippen molar-refractivity contribution in [1.82, 2.24) is 5.32 Å². The molecular formula is C61H113NO5. The Bertz CT molecular complexity index is 1150. The first-order chi connectivity index (χ1) is 33.0. The van der Waals surface area contributed by atoms with Crippen LogP contribution in [0.4, 0.5) is 0 Å². The summed E-state index contributed by atoms with van der Waals surface area (Å²) in [5, 5.41) is 23.9. The van der Waals surface area contributed by atoms with E-state index in [1.807, 2.05) is 0 Å². The summed E-state index contributed by atoms with van der Waals surface area (Å²) < 4.78 is 5.95. The molecule has 0 spiro atoms. The van der Waals surface area contributed by atoms with Crippen LogP contribution in [0.15, 0.2) is 48.6 Å². The molecule has 0 aromatic rings. The minimum Gasteiger partial charge on any atom is -0.462 e. The maximum Gasteiger partial charge on any atom is 0.306 e. The van der Waals surface area contributed by atoms with Gasteiger partial charge in [0.2, 0.25) is 5.91 Å². The van der Waals surface area contributed by atoms with Crippen molar-refractivity contribution < 1.29 is 24.5 Å². The van der Waals surface area contributed by atoms with E-state index in [-0.39, 0.29) is 24.9 Å². The molecule has 1 amide bonds. The van der Waals surface area contributed by atoms with Gasteiger partial charge < -0.3 is 20.3 Å². The van der Waals surface area contributed by atoms with Gasteiger partial charge in [0.15, 0.2) is 0 Å². The highest BCUT2D eigenvalue weighted by molar-refractivity contribution is 5.77. The number of aliphatic hydroxyl groups excluding tert-OH is 2. The van der Waals surface area contributed by atoms with Crippen molar-refractivity contribution in [3.63, 3.8) is 0 Å². The fourth-order valence-electron chi connectivity index (χ4n) is 9.03. The van der Waals surface area contributed by atoms with Crippen molar-refractivity contribution in [2.24, 2.45) is 0 Å². The first-order valence-electron chi connectivity index (χ1n) is 29.4. The molecule has 0 aliphatic rings. The average molecular weight is 941 g/mol. The number of unbranched alkanes of at least 4 members (excludes halogenated alkanes) is 36. The van der Waals surface area contributed by atoms with E-state index in [0.29, 0.717) is 19.3 Å². The topological polar surface area (TPSA) is 95.9 Å². The normalized spacial score (nSPS) is 13.4. The number of aliphatic hydroxyl groups is 2. The second-order valence-corrected chi connectivity index (χ2v) is 20.1. The Balaban J connectivity index is 4.53. The molecule has 0 saturated heterocycles. The molecular weight excluding hydrogens is 827 g/mol. The lowest BCUT2D eigenvalue weighted by molar-refractivity contribution is -0.151. The first-order valence-corrected chi connectivity index (χ1v) is 29.4. The van der Waals surface area contributed by atoms with Crippen LogP contribution in [0, 0.1) is 0 Å². The van der Waals surface area contributed by atoms with E-state index in [2.05, 4.69) is 74.7 Å². The summed E-state index contributed by atoms with van der Waals surface area (Å²) in [6, 6.07) is -0.706. The Hall–Kier alpha value is -2.18. The molecule has 3 unspecified atom stereocenters. The lowest BCUT2D eigenvalue weighted by Gasteiger charge is -2.24. The van der Waals surface area contributed by atoms with Crippen LogP contribution < -0.4 is 5.32 Å². The minimum absolute atomic E-state index is 0.0709. The first kappa shape index (κ1) is 64.8. The van der Waals surface area contributed by atoms with Gasteiger partial charge in [-0.15, -0.1) is 0 Å². The van der Waals surface area contributed by atoms with Gasteiger partial charge in [-0.05, 0) is 51.4 Å². The Kier molecular flexibility index (Phi) is 53.0. The molecule has 0 radical (unpaired) electrons. The van der Waals surface area contributed by atoms with Crippen molar-refractivity contribution in [1.29, 1.82) is 0 Å². The van der Waals surface area contributed by atoms with Gasteiger partial charge in [-0.25, -0.2) is 0 Å². The molecule has 0 saturated carbocycles. The highest BCUT2D eigenvalue weighted by Crippen LogP contribution is 2.19. The summed E-state index contributed by atoms with van der Waals surface area (Å²) >= 11 is 0. The molecule has 0 aromatic carbocycles. The van der Waals surface area contributed by atoms with E-state index in [9.17, 15) is 19.8 Å². The van der Waals surface area contributed by atoms with Gasteiger partial charge >= 0.3 is 5.97 Å². The third-order valence-corrected chi connectivity index (χ3v) is 13.5. The Labute approximate surface area is 416 Å². The standard InChI is InChI=1S/C61H113NO5/c1-4-7-10-13-16-19-22-25-27-29-31-33-36-39-42-45-48-51-54-61(66)67-57(52-49-46-43-40-37-34-24-21-18-15-12-9-6-3)55-60(65)62-58(56-63)59(64)53-50-47-44-41-38-35-32-30-28-26-23-20-17-14-11-8-5-2/h16,19,22,25,27,29,31,33,57-59,63-64H,4-15,17-18,20-21,23-24,26,28,30,32,34-56H2,1-3H3,(H,62,65)/b19-16+,25-22+,29-27+,33-31+. The zero-order valence-electron chi connectivity index (χ0n) is 44.8. The highest BCUT2D eigenvalue weighted by Gasteiger charge is 2.24. The van der Waals surface area contributed by atoms with Gasteiger partial charge in [0.1, 0.15) is 6.10 Å². The molecule has 0 aliphatic carbocycles. The van der Waals surface area contributed by atoms with Gasteiger partial charge in [-0.1, -0.05) is 288 Å². The maximum atomic E-state index is 13.3. The number of hydrogen-bond acceptors (Lipinski definition) is 5. The molecule has 0 bridgehead atoms. The highest BCUT2D eigenvalue weighted by atomic mass is 16.5. The van der Waals surface area contributed by atoms with Crippen LogP contribution >= 0.6 is 0 Å². The smallest absolute Gasteiger partial charge is 0.306 e. The number of nitrogens with one attached hydrogen (secondary N) is 1. The quantitative estimate of drug-likeness (QED) is 0.0321. The average Bonchev–Trinajstić information content (AvgIpc) is 3.32. The van der Waals surface area contributed by atoms with Crippen molar-refractivity contribution in [3.8, 4) is 0 Å². The van der Waals surface area contributed by atoms with E-state index < -0.39 is 18.2 Å². The largest absolute Gasteiger partial charge is 0.462 e. The predicted molar refractivity (Wildman–Crippen MR) is 292 cm³/mol. The SMILES string of the molecule is CCCCC/C=C/C=C/C=C/C=C/CCCCCCCC(=O)OC(CCCCCCCCCCCCCCC)CC(=O)NC(CO)C(O)CCCCCCCCCCCCCCCCCCC. The Morgan fingerprint density at radius 1 is 0.433 bits per heavy atom. The van der Waals surface area contributed by atoms with Crippen molar-refractivity contribution in [2.75, 3.05) is 6.61 Å². The monoisotopic (exact) mass is 940 g/mol. The van der Waals surface area contributed by atoms with Crippen LogP contribution in [-0.2, 0) is 14.3 Å². The summed E-state index contributed by atoms with van der Waals surface area (Å²) in [5.74, 6) is -0.486. The molecule has 3 N–H and O–H groups in total. The molecule has 0 aliphatic heterocycles.